The number of benzene rings is 1. The number of rotatable bonds is 5. The number of nitrogens with zero attached hydrogens (tertiary/aromatic N) is 1. The standard InChI is InChI=1S/C15H24N2O2/c1-4-17-8-6-11-9-14(18-2)15(19-3)10-12(11)13(17)5-7-16/h9-10,13H,4-8,16H2,1-3H3. The Labute approximate surface area is 115 Å². The molecule has 0 aliphatic carbocycles. The van der Waals surface area contributed by atoms with Gasteiger partial charge in [0.25, 0.3) is 0 Å². The molecule has 0 saturated carbocycles. The Kier molecular flexibility index (Phi) is 4.66. The monoisotopic (exact) mass is 264 g/mol. The van der Waals surface area contributed by atoms with E-state index in [0.29, 0.717) is 12.6 Å². The topological polar surface area (TPSA) is 47.7 Å². The number of ether oxygens (including phenoxy) is 2. The fourth-order valence-electron chi connectivity index (χ4n) is 2.95. The summed E-state index contributed by atoms with van der Waals surface area (Å²) in [6.45, 7) is 5.05. The normalized spacial score (nSPS) is 19.1. The van der Waals surface area contributed by atoms with Crippen LogP contribution in [-0.4, -0.2) is 38.8 Å². The summed E-state index contributed by atoms with van der Waals surface area (Å²) >= 11 is 0. The number of likely N-dealkylation sites (N-methyl/N-ethyl adjacent to an activating group) is 1. The number of hydrogen-bond donors (Lipinski definition) is 1. The van der Waals surface area contributed by atoms with Crippen LogP contribution in [0.4, 0.5) is 0 Å². The number of methoxy groups -OCH3 is 2. The molecule has 1 aromatic rings. The first-order chi connectivity index (χ1) is 9.24. The lowest BCUT2D eigenvalue weighted by Crippen LogP contribution is -2.36. The van der Waals surface area contributed by atoms with Gasteiger partial charge in [-0.3, -0.25) is 4.90 Å². The zero-order chi connectivity index (χ0) is 13.8. The lowest BCUT2D eigenvalue weighted by Gasteiger charge is -2.37. The number of hydrogen-bond acceptors (Lipinski definition) is 4. The number of fused-ring (bicyclic) bond motifs is 1. The molecule has 0 spiro atoms. The zero-order valence-corrected chi connectivity index (χ0v) is 12.1. The first kappa shape index (κ1) is 14.2. The van der Waals surface area contributed by atoms with Gasteiger partial charge in [0.05, 0.1) is 14.2 Å². The van der Waals surface area contributed by atoms with Gasteiger partial charge in [0.1, 0.15) is 0 Å². The summed E-state index contributed by atoms with van der Waals surface area (Å²) in [6.07, 6.45) is 2.04. The van der Waals surface area contributed by atoms with E-state index in [1.165, 1.54) is 11.1 Å². The quantitative estimate of drug-likeness (QED) is 0.883. The first-order valence-corrected chi connectivity index (χ1v) is 6.94. The second-order valence-corrected chi connectivity index (χ2v) is 4.88. The zero-order valence-electron chi connectivity index (χ0n) is 12.1. The first-order valence-electron chi connectivity index (χ1n) is 6.94. The van der Waals surface area contributed by atoms with E-state index in [1.54, 1.807) is 14.2 Å². The molecular formula is C15H24N2O2. The SMILES string of the molecule is CCN1CCc2cc(OC)c(OC)cc2C1CCN. The van der Waals surface area contributed by atoms with Crippen molar-refractivity contribution >= 4 is 0 Å². The molecule has 0 amide bonds. The second-order valence-electron chi connectivity index (χ2n) is 4.88. The summed E-state index contributed by atoms with van der Waals surface area (Å²) in [4.78, 5) is 2.49. The minimum absolute atomic E-state index is 0.401. The molecule has 0 radical (unpaired) electrons. The molecule has 1 unspecified atom stereocenters. The molecule has 106 valence electrons. The predicted octanol–water partition coefficient (Wildman–Crippen LogP) is 1.97. The van der Waals surface area contributed by atoms with E-state index >= 15 is 0 Å². The van der Waals surface area contributed by atoms with Crippen LogP contribution in [0.2, 0.25) is 0 Å². The maximum Gasteiger partial charge on any atom is 0.161 e. The molecule has 4 nitrogen and oxygen atoms in total. The van der Waals surface area contributed by atoms with Crippen molar-refractivity contribution in [3.63, 3.8) is 0 Å². The van der Waals surface area contributed by atoms with Gasteiger partial charge in [-0.25, -0.2) is 0 Å². The van der Waals surface area contributed by atoms with E-state index in [1.807, 2.05) is 0 Å². The summed E-state index contributed by atoms with van der Waals surface area (Å²) in [7, 11) is 3.37. The van der Waals surface area contributed by atoms with Crippen LogP contribution < -0.4 is 15.2 Å². The van der Waals surface area contributed by atoms with Crippen molar-refractivity contribution in [2.45, 2.75) is 25.8 Å². The lowest BCUT2D eigenvalue weighted by molar-refractivity contribution is 0.186. The Bertz CT molecular complexity index is 434. The molecule has 1 heterocycles. The second kappa shape index (κ2) is 6.26. The van der Waals surface area contributed by atoms with Crippen LogP contribution in [-0.2, 0) is 6.42 Å². The Morgan fingerprint density at radius 3 is 2.53 bits per heavy atom. The van der Waals surface area contributed by atoms with Gasteiger partial charge in [0.2, 0.25) is 0 Å². The Hall–Kier alpha value is -1.26. The average Bonchev–Trinajstić information content (AvgIpc) is 2.46. The highest BCUT2D eigenvalue weighted by Crippen LogP contribution is 2.38. The van der Waals surface area contributed by atoms with E-state index in [0.717, 1.165) is 37.4 Å². The number of nitrogens with two attached hydrogens (primary N) is 1. The van der Waals surface area contributed by atoms with Crippen molar-refractivity contribution < 1.29 is 9.47 Å². The Balaban J connectivity index is 2.43. The summed E-state index contributed by atoms with van der Waals surface area (Å²) in [5.41, 5.74) is 8.48. The van der Waals surface area contributed by atoms with Gasteiger partial charge in [-0.05, 0) is 49.2 Å². The molecule has 2 N–H and O–H groups in total. The van der Waals surface area contributed by atoms with Gasteiger partial charge < -0.3 is 15.2 Å². The van der Waals surface area contributed by atoms with Gasteiger partial charge in [-0.1, -0.05) is 6.92 Å². The lowest BCUT2D eigenvalue weighted by atomic mass is 9.90. The highest BCUT2D eigenvalue weighted by atomic mass is 16.5. The largest absolute Gasteiger partial charge is 0.493 e. The van der Waals surface area contributed by atoms with Crippen LogP contribution in [0.3, 0.4) is 0 Å². The molecule has 1 aliphatic rings. The third-order valence-corrected chi connectivity index (χ3v) is 3.96. The van der Waals surface area contributed by atoms with Gasteiger partial charge in [0.15, 0.2) is 11.5 Å². The molecule has 4 heteroatoms. The smallest absolute Gasteiger partial charge is 0.161 e. The van der Waals surface area contributed by atoms with Crippen molar-refractivity contribution in [1.29, 1.82) is 0 Å². The van der Waals surface area contributed by atoms with E-state index in [2.05, 4.69) is 24.0 Å². The molecule has 0 saturated heterocycles. The van der Waals surface area contributed by atoms with E-state index in [-0.39, 0.29) is 0 Å². The molecule has 0 bridgehead atoms. The van der Waals surface area contributed by atoms with E-state index in [9.17, 15) is 0 Å². The third-order valence-electron chi connectivity index (χ3n) is 3.96. The maximum atomic E-state index is 5.78. The molecule has 0 fully saturated rings. The van der Waals surface area contributed by atoms with Gasteiger partial charge in [0, 0.05) is 12.6 Å². The van der Waals surface area contributed by atoms with Crippen molar-refractivity contribution in [3.8, 4) is 11.5 Å². The minimum atomic E-state index is 0.401. The molecule has 1 aliphatic heterocycles. The summed E-state index contributed by atoms with van der Waals surface area (Å²) in [5, 5.41) is 0. The van der Waals surface area contributed by atoms with E-state index < -0.39 is 0 Å². The molecular weight excluding hydrogens is 240 g/mol. The van der Waals surface area contributed by atoms with Crippen LogP contribution >= 0.6 is 0 Å². The molecule has 2 rings (SSSR count). The van der Waals surface area contributed by atoms with Crippen molar-refractivity contribution in [2.24, 2.45) is 5.73 Å². The maximum absolute atomic E-state index is 5.78. The average molecular weight is 264 g/mol. The molecule has 1 atom stereocenters. The van der Waals surface area contributed by atoms with Gasteiger partial charge >= 0.3 is 0 Å². The van der Waals surface area contributed by atoms with Crippen LogP contribution in [0.5, 0.6) is 11.5 Å². The molecule has 0 aromatic heterocycles. The molecule has 19 heavy (non-hydrogen) atoms. The highest BCUT2D eigenvalue weighted by molar-refractivity contribution is 5.49. The molecule has 1 aromatic carbocycles. The fraction of sp³-hybridized carbons (Fsp3) is 0.600. The van der Waals surface area contributed by atoms with Crippen molar-refractivity contribution in [3.05, 3.63) is 23.3 Å². The highest BCUT2D eigenvalue weighted by Gasteiger charge is 2.27. The summed E-state index contributed by atoms with van der Waals surface area (Å²) in [6, 6.07) is 4.64. The fourth-order valence-corrected chi connectivity index (χ4v) is 2.95. The van der Waals surface area contributed by atoms with Crippen molar-refractivity contribution in [1.82, 2.24) is 4.90 Å². The third kappa shape index (κ3) is 2.69. The predicted molar refractivity (Wildman–Crippen MR) is 76.9 cm³/mol. The van der Waals surface area contributed by atoms with Gasteiger partial charge in [-0.2, -0.15) is 0 Å². The van der Waals surface area contributed by atoms with Crippen LogP contribution in [0.15, 0.2) is 12.1 Å². The van der Waals surface area contributed by atoms with Crippen LogP contribution in [0.1, 0.15) is 30.5 Å². The van der Waals surface area contributed by atoms with Crippen LogP contribution in [0.25, 0.3) is 0 Å². The van der Waals surface area contributed by atoms with Gasteiger partial charge in [-0.15, -0.1) is 0 Å². The van der Waals surface area contributed by atoms with Crippen molar-refractivity contribution in [2.75, 3.05) is 33.9 Å². The Morgan fingerprint density at radius 2 is 1.95 bits per heavy atom. The van der Waals surface area contributed by atoms with E-state index in [4.69, 9.17) is 15.2 Å². The Morgan fingerprint density at radius 1 is 1.26 bits per heavy atom. The van der Waals surface area contributed by atoms with Crippen LogP contribution in [0, 0.1) is 0 Å². The summed E-state index contributed by atoms with van der Waals surface area (Å²) in [5.74, 6) is 1.62. The summed E-state index contributed by atoms with van der Waals surface area (Å²) < 4.78 is 10.8. The minimum Gasteiger partial charge on any atom is -0.493 e.